The van der Waals surface area contributed by atoms with Crippen molar-refractivity contribution in [2.24, 2.45) is 0 Å². The van der Waals surface area contributed by atoms with Crippen molar-refractivity contribution in [1.82, 2.24) is 9.97 Å². The minimum atomic E-state index is -0.505. The minimum absolute atomic E-state index is 0.0529. The second-order valence-corrected chi connectivity index (χ2v) is 6.79. The van der Waals surface area contributed by atoms with Gasteiger partial charge < -0.3 is 15.0 Å². The summed E-state index contributed by atoms with van der Waals surface area (Å²) >= 11 is 0. The van der Waals surface area contributed by atoms with E-state index < -0.39 is 10.9 Å². The topological polar surface area (TPSA) is 110 Å². The molecule has 0 radical (unpaired) electrons. The molecule has 3 rings (SSSR count). The molecule has 1 N–H and O–H groups in total. The lowest BCUT2D eigenvalue weighted by atomic mass is 10.00. The SMILES string of the molecule is CCOC(=O)c1ccccc1Nc1ncnc(N2CCCCC2CC)c1[N+](=O)[O-]. The number of hydrogen-bond donors (Lipinski definition) is 1. The highest BCUT2D eigenvalue weighted by Crippen LogP contribution is 2.37. The summed E-state index contributed by atoms with van der Waals surface area (Å²) < 4.78 is 5.08. The number of piperidine rings is 1. The Morgan fingerprint density at radius 2 is 2.10 bits per heavy atom. The number of anilines is 3. The van der Waals surface area contributed by atoms with Gasteiger partial charge in [-0.1, -0.05) is 19.1 Å². The average molecular weight is 399 g/mol. The van der Waals surface area contributed by atoms with E-state index in [9.17, 15) is 14.9 Å². The van der Waals surface area contributed by atoms with E-state index in [0.29, 0.717) is 11.5 Å². The highest BCUT2D eigenvalue weighted by molar-refractivity contribution is 5.96. The lowest BCUT2D eigenvalue weighted by Gasteiger charge is -2.35. The molecule has 29 heavy (non-hydrogen) atoms. The van der Waals surface area contributed by atoms with Crippen LogP contribution in [0.25, 0.3) is 0 Å². The molecule has 0 amide bonds. The van der Waals surface area contributed by atoms with E-state index in [1.807, 2.05) is 4.90 Å². The Morgan fingerprint density at radius 1 is 1.31 bits per heavy atom. The van der Waals surface area contributed by atoms with Crippen LogP contribution in [0.15, 0.2) is 30.6 Å². The number of ether oxygens (including phenoxy) is 1. The van der Waals surface area contributed by atoms with E-state index in [0.717, 1.165) is 32.2 Å². The van der Waals surface area contributed by atoms with E-state index in [4.69, 9.17) is 4.74 Å². The molecule has 1 aliphatic heterocycles. The first-order valence-corrected chi connectivity index (χ1v) is 9.86. The molecule has 2 heterocycles. The molecular formula is C20H25N5O4. The highest BCUT2D eigenvalue weighted by Gasteiger charge is 2.32. The molecule has 1 atom stereocenters. The Bertz CT molecular complexity index is 889. The van der Waals surface area contributed by atoms with Gasteiger partial charge in [-0.05, 0) is 44.7 Å². The number of hydrogen-bond acceptors (Lipinski definition) is 8. The van der Waals surface area contributed by atoms with Gasteiger partial charge >= 0.3 is 11.7 Å². The van der Waals surface area contributed by atoms with Crippen LogP contribution in [0.5, 0.6) is 0 Å². The molecule has 0 spiro atoms. The fraction of sp³-hybridized carbons (Fsp3) is 0.450. The number of carbonyl (C=O) groups is 1. The number of benzene rings is 1. The minimum Gasteiger partial charge on any atom is -0.462 e. The molecule has 2 aromatic rings. The second-order valence-electron chi connectivity index (χ2n) is 6.79. The van der Waals surface area contributed by atoms with Crippen molar-refractivity contribution in [2.75, 3.05) is 23.4 Å². The molecule has 0 aliphatic carbocycles. The summed E-state index contributed by atoms with van der Waals surface area (Å²) in [5.41, 5.74) is 0.490. The van der Waals surface area contributed by atoms with Crippen molar-refractivity contribution in [3.63, 3.8) is 0 Å². The molecule has 154 valence electrons. The van der Waals surface area contributed by atoms with Gasteiger partial charge in [0.25, 0.3) is 0 Å². The van der Waals surface area contributed by atoms with Gasteiger partial charge in [-0.15, -0.1) is 0 Å². The smallest absolute Gasteiger partial charge is 0.353 e. The van der Waals surface area contributed by atoms with Gasteiger partial charge in [-0.3, -0.25) is 10.1 Å². The van der Waals surface area contributed by atoms with Crippen molar-refractivity contribution >= 4 is 29.0 Å². The molecule has 9 heteroatoms. The van der Waals surface area contributed by atoms with Gasteiger partial charge in [0, 0.05) is 12.6 Å². The summed E-state index contributed by atoms with van der Waals surface area (Å²) in [6, 6.07) is 6.91. The number of nitrogens with one attached hydrogen (secondary N) is 1. The van der Waals surface area contributed by atoms with Gasteiger partial charge in [0.15, 0.2) is 0 Å². The fourth-order valence-corrected chi connectivity index (χ4v) is 3.65. The van der Waals surface area contributed by atoms with E-state index >= 15 is 0 Å². The van der Waals surface area contributed by atoms with Crippen LogP contribution in [0, 0.1) is 10.1 Å². The third kappa shape index (κ3) is 4.44. The summed E-state index contributed by atoms with van der Waals surface area (Å²) in [7, 11) is 0. The fourth-order valence-electron chi connectivity index (χ4n) is 3.65. The van der Waals surface area contributed by atoms with Crippen molar-refractivity contribution < 1.29 is 14.5 Å². The number of nitrogens with zero attached hydrogens (tertiary/aromatic N) is 4. The molecular weight excluding hydrogens is 374 g/mol. The number of rotatable bonds is 7. The molecule has 1 aliphatic rings. The molecule has 0 bridgehead atoms. The predicted molar refractivity (Wildman–Crippen MR) is 110 cm³/mol. The van der Waals surface area contributed by atoms with Crippen molar-refractivity contribution in [3.8, 4) is 0 Å². The van der Waals surface area contributed by atoms with Crippen LogP contribution in [0.3, 0.4) is 0 Å². The van der Waals surface area contributed by atoms with E-state index in [1.165, 1.54) is 6.33 Å². The van der Waals surface area contributed by atoms with Crippen LogP contribution in [0.2, 0.25) is 0 Å². The Morgan fingerprint density at radius 3 is 2.83 bits per heavy atom. The Balaban J connectivity index is 2.01. The highest BCUT2D eigenvalue weighted by atomic mass is 16.6. The zero-order chi connectivity index (χ0) is 20.8. The lowest BCUT2D eigenvalue weighted by Crippen LogP contribution is -2.40. The predicted octanol–water partition coefficient (Wildman–Crippen LogP) is 4.07. The van der Waals surface area contributed by atoms with Crippen LogP contribution in [0.4, 0.5) is 23.0 Å². The molecule has 9 nitrogen and oxygen atoms in total. The maximum absolute atomic E-state index is 12.2. The molecule has 1 aromatic carbocycles. The first-order chi connectivity index (χ1) is 14.1. The van der Waals surface area contributed by atoms with Crippen LogP contribution >= 0.6 is 0 Å². The number of esters is 1. The summed E-state index contributed by atoms with van der Waals surface area (Å²) in [6.45, 7) is 4.75. The van der Waals surface area contributed by atoms with E-state index in [1.54, 1.807) is 31.2 Å². The third-order valence-corrected chi connectivity index (χ3v) is 5.03. The monoisotopic (exact) mass is 399 g/mol. The normalized spacial score (nSPS) is 16.3. The molecule has 1 unspecified atom stereocenters. The zero-order valence-electron chi connectivity index (χ0n) is 16.6. The quantitative estimate of drug-likeness (QED) is 0.421. The largest absolute Gasteiger partial charge is 0.462 e. The van der Waals surface area contributed by atoms with Crippen LogP contribution < -0.4 is 10.2 Å². The summed E-state index contributed by atoms with van der Waals surface area (Å²) in [6.07, 6.45) is 5.25. The number of para-hydroxylation sites is 1. The van der Waals surface area contributed by atoms with Crippen molar-refractivity contribution in [3.05, 3.63) is 46.3 Å². The summed E-state index contributed by atoms with van der Waals surface area (Å²) in [5.74, 6) is -0.139. The molecule has 1 saturated heterocycles. The van der Waals surface area contributed by atoms with Gasteiger partial charge in [-0.25, -0.2) is 14.8 Å². The molecule has 1 fully saturated rings. The number of carbonyl (C=O) groups excluding carboxylic acids is 1. The first kappa shape index (κ1) is 20.5. The van der Waals surface area contributed by atoms with E-state index in [2.05, 4.69) is 22.2 Å². The van der Waals surface area contributed by atoms with Crippen LogP contribution in [0.1, 0.15) is 49.9 Å². The van der Waals surface area contributed by atoms with Crippen molar-refractivity contribution in [2.45, 2.75) is 45.6 Å². The zero-order valence-corrected chi connectivity index (χ0v) is 16.6. The Labute approximate surface area is 169 Å². The van der Waals surface area contributed by atoms with Crippen LogP contribution in [-0.4, -0.2) is 40.1 Å². The van der Waals surface area contributed by atoms with Gasteiger partial charge in [0.1, 0.15) is 6.33 Å². The number of nitro groups is 1. The standard InChI is InChI=1S/C20H25N5O4/c1-3-14-9-7-8-12-24(14)19-17(25(27)28)18(21-13-22-19)23-16-11-6-5-10-15(16)20(26)29-4-2/h5-6,10-11,13-14H,3-4,7-9,12H2,1-2H3,(H,21,22,23). The van der Waals surface area contributed by atoms with Crippen LogP contribution in [-0.2, 0) is 4.74 Å². The first-order valence-electron chi connectivity index (χ1n) is 9.86. The number of aromatic nitrogens is 2. The summed E-state index contributed by atoms with van der Waals surface area (Å²) in [5, 5.41) is 14.9. The van der Waals surface area contributed by atoms with Gasteiger partial charge in [0.2, 0.25) is 11.6 Å². The molecule has 0 saturated carbocycles. The Kier molecular flexibility index (Phi) is 6.58. The second kappa shape index (κ2) is 9.31. The van der Waals surface area contributed by atoms with Gasteiger partial charge in [-0.2, -0.15) is 0 Å². The maximum Gasteiger partial charge on any atom is 0.353 e. The molecule has 1 aromatic heterocycles. The lowest BCUT2D eigenvalue weighted by molar-refractivity contribution is -0.383. The average Bonchev–Trinajstić information content (AvgIpc) is 2.74. The third-order valence-electron chi connectivity index (χ3n) is 5.03. The van der Waals surface area contributed by atoms with E-state index in [-0.39, 0.29) is 29.7 Å². The maximum atomic E-state index is 12.2. The Hall–Kier alpha value is -3.23. The van der Waals surface area contributed by atoms with Gasteiger partial charge in [0.05, 0.1) is 22.8 Å². The van der Waals surface area contributed by atoms with Crippen molar-refractivity contribution in [1.29, 1.82) is 0 Å². The summed E-state index contributed by atoms with van der Waals surface area (Å²) in [4.78, 5) is 34.1.